The monoisotopic (exact) mass is 419 g/mol. The molecule has 9 heteroatoms. The molecule has 2 aromatic rings. The Morgan fingerprint density at radius 3 is 2.74 bits per heavy atom. The van der Waals surface area contributed by atoms with Crippen LogP contribution in [0.25, 0.3) is 6.08 Å². The molecule has 3 atom stereocenters. The van der Waals surface area contributed by atoms with Crippen molar-refractivity contribution >= 4 is 36.1 Å². The zero-order chi connectivity index (χ0) is 21.8. The van der Waals surface area contributed by atoms with Gasteiger partial charge in [-0.3, -0.25) is 14.6 Å². The first-order valence-corrected chi connectivity index (χ1v) is 10.8. The van der Waals surface area contributed by atoms with Crippen LogP contribution in [0.5, 0.6) is 0 Å². The fourth-order valence-electron chi connectivity index (χ4n) is 4.82. The molecule has 0 saturated carbocycles. The van der Waals surface area contributed by atoms with E-state index in [9.17, 15) is 0 Å². The number of piperidine rings is 1. The van der Waals surface area contributed by atoms with E-state index in [4.69, 9.17) is 10.2 Å². The van der Waals surface area contributed by atoms with E-state index in [-0.39, 0.29) is 0 Å². The molecule has 2 bridgehead atoms. The van der Waals surface area contributed by atoms with Crippen LogP contribution in [0.4, 0.5) is 23.3 Å². The van der Waals surface area contributed by atoms with Crippen LogP contribution >= 0.6 is 0 Å². The van der Waals surface area contributed by atoms with Crippen LogP contribution in [0, 0.1) is 11.3 Å². The van der Waals surface area contributed by atoms with Gasteiger partial charge in [-0.05, 0) is 39.3 Å². The number of nitriles is 1. The second-order valence-corrected chi connectivity index (χ2v) is 8.16. The minimum Gasteiger partial charge on any atom is -0.367 e. The van der Waals surface area contributed by atoms with Crippen LogP contribution < -0.4 is 10.6 Å². The number of fused-ring (bicyclic) bond motifs is 2. The Morgan fingerprint density at radius 1 is 1.35 bits per heavy atom. The topological polar surface area (TPSA) is 107 Å². The molecule has 0 aliphatic carbocycles. The lowest BCUT2D eigenvalue weighted by Crippen LogP contribution is -2.47. The van der Waals surface area contributed by atoms with E-state index in [2.05, 4.69) is 43.4 Å². The number of nitrogens with zero attached hydrogens (tertiary/aromatic N) is 7. The van der Waals surface area contributed by atoms with Crippen molar-refractivity contribution in [2.45, 2.75) is 57.2 Å². The molecule has 0 amide bonds. The van der Waals surface area contributed by atoms with Gasteiger partial charge in [0.2, 0.25) is 5.95 Å². The Hall–Kier alpha value is -3.25. The Bertz CT molecular complexity index is 989. The number of aromatic nitrogens is 4. The quantitative estimate of drug-likeness (QED) is 0.629. The molecule has 0 unspecified atom stereocenters. The van der Waals surface area contributed by atoms with Crippen molar-refractivity contribution < 1.29 is 0 Å². The van der Waals surface area contributed by atoms with Gasteiger partial charge in [-0.15, -0.1) is 5.10 Å². The number of anilines is 3. The van der Waals surface area contributed by atoms with Gasteiger partial charge >= 0.3 is 0 Å². The minimum atomic E-state index is 0.327. The SMILES string of the molecule is C=Nc1cc(Nc2ncn(C)n2)nc(N[C@@H]2C[C@H]3CC[C@@H](C2)N3CCC#N)c1/C=C\C. The van der Waals surface area contributed by atoms with E-state index in [0.717, 1.165) is 36.5 Å². The molecule has 31 heavy (non-hydrogen) atoms. The number of aryl methyl sites for hydroxylation is 1. The molecule has 2 saturated heterocycles. The minimum absolute atomic E-state index is 0.327. The molecule has 0 radical (unpaired) electrons. The second-order valence-electron chi connectivity index (χ2n) is 8.16. The van der Waals surface area contributed by atoms with Crippen molar-refractivity contribution in [2.75, 3.05) is 17.2 Å². The van der Waals surface area contributed by atoms with Crippen molar-refractivity contribution in [3.05, 3.63) is 24.0 Å². The lowest BCUT2D eigenvalue weighted by molar-refractivity contribution is 0.135. The zero-order valence-electron chi connectivity index (χ0n) is 18.1. The summed E-state index contributed by atoms with van der Waals surface area (Å²) < 4.78 is 1.64. The summed E-state index contributed by atoms with van der Waals surface area (Å²) in [6.45, 7) is 6.61. The molecule has 162 valence electrons. The predicted octanol–water partition coefficient (Wildman–Crippen LogP) is 3.64. The summed E-state index contributed by atoms with van der Waals surface area (Å²) in [4.78, 5) is 15.8. The summed E-state index contributed by atoms with van der Waals surface area (Å²) >= 11 is 0. The van der Waals surface area contributed by atoms with E-state index < -0.39 is 0 Å². The Labute approximate surface area is 182 Å². The van der Waals surface area contributed by atoms with Gasteiger partial charge in [0.1, 0.15) is 18.0 Å². The lowest BCUT2D eigenvalue weighted by atomic mass is 9.96. The van der Waals surface area contributed by atoms with E-state index >= 15 is 0 Å². The number of hydrogen-bond donors (Lipinski definition) is 2. The molecule has 2 fully saturated rings. The highest BCUT2D eigenvalue weighted by molar-refractivity contribution is 5.78. The van der Waals surface area contributed by atoms with Crippen LogP contribution in [-0.4, -0.2) is 56.0 Å². The zero-order valence-corrected chi connectivity index (χ0v) is 18.1. The molecular weight excluding hydrogens is 390 g/mol. The molecule has 4 heterocycles. The van der Waals surface area contributed by atoms with Crippen molar-refractivity contribution in [2.24, 2.45) is 12.0 Å². The van der Waals surface area contributed by atoms with E-state index in [0.29, 0.717) is 36.3 Å². The van der Waals surface area contributed by atoms with Crippen molar-refractivity contribution in [3.63, 3.8) is 0 Å². The maximum atomic E-state index is 8.97. The van der Waals surface area contributed by atoms with Crippen molar-refractivity contribution in [1.82, 2.24) is 24.6 Å². The van der Waals surface area contributed by atoms with Crippen LogP contribution in [-0.2, 0) is 7.05 Å². The Morgan fingerprint density at radius 2 is 2.13 bits per heavy atom. The van der Waals surface area contributed by atoms with Gasteiger partial charge in [0.25, 0.3) is 0 Å². The Kier molecular flexibility index (Phi) is 6.28. The van der Waals surface area contributed by atoms with Gasteiger partial charge in [-0.2, -0.15) is 5.26 Å². The third kappa shape index (κ3) is 4.59. The van der Waals surface area contributed by atoms with E-state index in [1.807, 2.05) is 32.2 Å². The summed E-state index contributed by atoms with van der Waals surface area (Å²) in [5.74, 6) is 1.90. The summed E-state index contributed by atoms with van der Waals surface area (Å²) in [5, 5.41) is 20.1. The first kappa shape index (κ1) is 21.0. The maximum absolute atomic E-state index is 8.97. The van der Waals surface area contributed by atoms with Gasteiger partial charge in [-0.25, -0.2) is 9.97 Å². The maximum Gasteiger partial charge on any atom is 0.247 e. The van der Waals surface area contributed by atoms with Gasteiger partial charge < -0.3 is 10.6 Å². The molecule has 0 spiro atoms. The smallest absolute Gasteiger partial charge is 0.247 e. The molecule has 2 aliphatic heterocycles. The number of nitrogens with one attached hydrogen (secondary N) is 2. The van der Waals surface area contributed by atoms with Gasteiger partial charge in [-0.1, -0.05) is 12.2 Å². The summed E-state index contributed by atoms with van der Waals surface area (Å²) in [6, 6.07) is 5.54. The molecule has 2 N–H and O–H groups in total. The molecule has 2 aromatic heterocycles. The van der Waals surface area contributed by atoms with Crippen LogP contribution in [0.15, 0.2) is 23.5 Å². The molecule has 2 aliphatic rings. The molecular formula is C22H29N9. The van der Waals surface area contributed by atoms with E-state index in [1.54, 1.807) is 11.0 Å². The fourth-order valence-corrected chi connectivity index (χ4v) is 4.82. The summed E-state index contributed by atoms with van der Waals surface area (Å²) in [7, 11) is 1.82. The third-order valence-corrected chi connectivity index (χ3v) is 6.09. The highest BCUT2D eigenvalue weighted by Gasteiger charge is 2.40. The van der Waals surface area contributed by atoms with Gasteiger partial charge in [0.15, 0.2) is 0 Å². The average molecular weight is 420 g/mol. The Balaban J connectivity index is 1.57. The highest BCUT2D eigenvalue weighted by atomic mass is 15.4. The molecule has 0 aromatic carbocycles. The van der Waals surface area contributed by atoms with E-state index in [1.165, 1.54) is 12.8 Å². The highest BCUT2D eigenvalue weighted by Crippen LogP contribution is 2.38. The number of pyridine rings is 1. The number of allylic oxidation sites excluding steroid dienone is 1. The second kappa shape index (κ2) is 9.27. The first-order chi connectivity index (χ1) is 15.1. The predicted molar refractivity (Wildman–Crippen MR) is 123 cm³/mol. The van der Waals surface area contributed by atoms with Crippen LogP contribution in [0.3, 0.4) is 0 Å². The largest absolute Gasteiger partial charge is 0.367 e. The number of hydrogen-bond acceptors (Lipinski definition) is 8. The van der Waals surface area contributed by atoms with Crippen molar-refractivity contribution in [3.8, 4) is 6.07 Å². The fraction of sp³-hybridized carbons (Fsp3) is 0.500. The van der Waals surface area contributed by atoms with Crippen LogP contribution in [0.1, 0.15) is 44.6 Å². The summed E-state index contributed by atoms with van der Waals surface area (Å²) in [5.41, 5.74) is 1.68. The third-order valence-electron chi connectivity index (χ3n) is 6.09. The standard InChI is InChI=1S/C22H29N9/c1-4-6-18-19(24-2)13-20(28-22-25-14-30(3)29-22)27-21(18)26-15-11-16-7-8-17(12-15)31(16)10-5-9-23/h4,6,13-17H,2,5,7-8,10-12H2,1,3H3,(H2,26,27,28,29)/b6-4-/t15-,16-,17+. The number of aliphatic imine (C=N–C) groups is 1. The van der Waals surface area contributed by atoms with Gasteiger partial charge in [0.05, 0.1) is 11.8 Å². The van der Waals surface area contributed by atoms with Crippen LogP contribution in [0.2, 0.25) is 0 Å². The normalized spacial score (nSPS) is 23.1. The molecule has 9 nitrogen and oxygen atoms in total. The average Bonchev–Trinajstić information content (AvgIpc) is 3.26. The summed E-state index contributed by atoms with van der Waals surface area (Å²) in [6.07, 6.45) is 10.7. The van der Waals surface area contributed by atoms with Gasteiger partial charge in [0, 0.05) is 49.8 Å². The first-order valence-electron chi connectivity index (χ1n) is 10.8. The van der Waals surface area contributed by atoms with Crippen molar-refractivity contribution in [1.29, 1.82) is 5.26 Å². The number of rotatable bonds is 8. The lowest BCUT2D eigenvalue weighted by Gasteiger charge is -2.39. The molecule has 4 rings (SSSR count).